The molecule has 0 fully saturated rings. The maximum absolute atomic E-state index is 12.9. The van der Waals surface area contributed by atoms with Gasteiger partial charge in [-0.3, -0.25) is 4.79 Å². The molecule has 8 heteroatoms. The molecule has 1 amide bonds. The van der Waals surface area contributed by atoms with Crippen molar-refractivity contribution < 1.29 is 4.79 Å². The number of carbonyl (C=O) groups is 1. The number of likely N-dealkylation sites (N-methyl/N-ethyl adjacent to an activating group) is 1. The average Bonchev–Trinajstić information content (AvgIpc) is 3.33. The van der Waals surface area contributed by atoms with Gasteiger partial charge in [0.25, 0.3) is 5.91 Å². The quantitative estimate of drug-likeness (QED) is 0.521. The van der Waals surface area contributed by atoms with Crippen molar-refractivity contribution >= 4 is 40.4 Å². The topological polar surface area (TPSA) is 41.4 Å². The molecule has 3 rings (SSSR count). The van der Waals surface area contributed by atoms with Crippen LogP contribution in [0.4, 0.5) is 0 Å². The van der Waals surface area contributed by atoms with Crippen LogP contribution in [0.25, 0.3) is 0 Å². The Hall–Kier alpha value is -1.86. The number of hydrogen-bond donors (Lipinski definition) is 0. The van der Waals surface area contributed by atoms with Crippen molar-refractivity contribution in [3.05, 3.63) is 74.4 Å². The highest BCUT2D eigenvalue weighted by molar-refractivity contribution is 7.12. The number of halogens is 2. The van der Waals surface area contributed by atoms with Gasteiger partial charge in [0.1, 0.15) is 5.82 Å². The van der Waals surface area contributed by atoms with Gasteiger partial charge in [-0.15, -0.1) is 11.3 Å². The molecule has 0 bridgehead atoms. The first-order valence-corrected chi connectivity index (χ1v) is 10.5. The van der Waals surface area contributed by atoms with Crippen molar-refractivity contribution in [1.82, 2.24) is 19.4 Å². The molecular formula is C20H22Cl2N4OS. The average molecular weight is 437 g/mol. The Morgan fingerprint density at radius 1 is 1.18 bits per heavy atom. The van der Waals surface area contributed by atoms with Gasteiger partial charge in [0.2, 0.25) is 0 Å². The van der Waals surface area contributed by atoms with E-state index < -0.39 is 0 Å². The van der Waals surface area contributed by atoms with E-state index in [9.17, 15) is 4.79 Å². The van der Waals surface area contributed by atoms with Crippen LogP contribution in [-0.2, 0) is 13.1 Å². The number of thiophene rings is 1. The summed E-state index contributed by atoms with van der Waals surface area (Å²) < 4.78 is 2.03. The summed E-state index contributed by atoms with van der Waals surface area (Å²) in [5.74, 6) is 0.857. The van der Waals surface area contributed by atoms with Gasteiger partial charge in [0, 0.05) is 32.0 Å². The first-order valence-electron chi connectivity index (χ1n) is 8.85. The molecule has 2 aromatic heterocycles. The summed E-state index contributed by atoms with van der Waals surface area (Å²) in [6.45, 7) is 2.47. The first-order chi connectivity index (χ1) is 13.4. The van der Waals surface area contributed by atoms with Crippen LogP contribution in [-0.4, -0.2) is 52.4 Å². The summed E-state index contributed by atoms with van der Waals surface area (Å²) in [7, 11) is 4.00. The van der Waals surface area contributed by atoms with Gasteiger partial charge in [-0.1, -0.05) is 35.3 Å². The molecule has 1 aromatic carbocycles. The van der Waals surface area contributed by atoms with Crippen LogP contribution >= 0.6 is 34.5 Å². The molecule has 0 aliphatic rings. The summed E-state index contributed by atoms with van der Waals surface area (Å²) in [6, 6.07) is 9.34. The van der Waals surface area contributed by atoms with Crippen molar-refractivity contribution in [3.8, 4) is 0 Å². The third-order valence-electron chi connectivity index (χ3n) is 4.31. The largest absolute Gasteiger partial charge is 0.329 e. The molecule has 0 saturated carbocycles. The van der Waals surface area contributed by atoms with E-state index in [0.717, 1.165) is 22.8 Å². The number of hydrogen-bond acceptors (Lipinski definition) is 4. The second-order valence-corrected chi connectivity index (χ2v) is 8.49. The second kappa shape index (κ2) is 9.56. The van der Waals surface area contributed by atoms with E-state index in [1.807, 2.05) is 59.4 Å². The van der Waals surface area contributed by atoms with E-state index in [0.29, 0.717) is 29.7 Å². The molecule has 0 N–H and O–H groups in total. The lowest BCUT2D eigenvalue weighted by molar-refractivity contribution is 0.0731. The Kier molecular flexibility index (Phi) is 7.13. The molecular weight excluding hydrogens is 415 g/mol. The van der Waals surface area contributed by atoms with E-state index in [-0.39, 0.29) is 5.91 Å². The third kappa shape index (κ3) is 5.35. The van der Waals surface area contributed by atoms with Crippen LogP contribution in [0, 0.1) is 0 Å². The van der Waals surface area contributed by atoms with Gasteiger partial charge in [0.15, 0.2) is 0 Å². The highest BCUT2D eigenvalue weighted by Crippen LogP contribution is 2.23. The number of carbonyl (C=O) groups excluding carboxylic acids is 1. The molecule has 0 aliphatic heterocycles. The molecule has 0 atom stereocenters. The molecule has 0 spiro atoms. The van der Waals surface area contributed by atoms with Crippen LogP contribution in [0.1, 0.15) is 21.1 Å². The van der Waals surface area contributed by atoms with E-state index in [1.165, 1.54) is 11.3 Å². The minimum atomic E-state index is 0.0286. The number of nitrogens with zero attached hydrogens (tertiary/aromatic N) is 4. The lowest BCUT2D eigenvalue weighted by Crippen LogP contribution is -2.36. The predicted octanol–water partition coefficient (Wildman–Crippen LogP) is 4.50. The van der Waals surface area contributed by atoms with Crippen molar-refractivity contribution in [2.75, 3.05) is 27.2 Å². The fourth-order valence-corrected chi connectivity index (χ4v) is 3.78. The molecule has 28 heavy (non-hydrogen) atoms. The van der Waals surface area contributed by atoms with Crippen LogP contribution in [0.5, 0.6) is 0 Å². The summed E-state index contributed by atoms with van der Waals surface area (Å²) in [5, 5.41) is 2.98. The molecule has 2 heterocycles. The molecule has 0 aliphatic carbocycles. The van der Waals surface area contributed by atoms with Crippen molar-refractivity contribution in [1.29, 1.82) is 0 Å². The normalized spacial score (nSPS) is 11.2. The Bertz CT molecular complexity index is 924. The lowest BCUT2D eigenvalue weighted by Gasteiger charge is -2.24. The van der Waals surface area contributed by atoms with E-state index in [2.05, 4.69) is 9.88 Å². The molecule has 5 nitrogen and oxygen atoms in total. The molecule has 3 aromatic rings. The molecule has 0 unspecified atom stereocenters. The SMILES string of the molecule is CN(C)CCN(Cc1nccn1Cc1ccc(Cl)c(Cl)c1)C(=O)c1cccs1. The van der Waals surface area contributed by atoms with Crippen LogP contribution in [0.2, 0.25) is 10.0 Å². The predicted molar refractivity (Wildman–Crippen MR) is 115 cm³/mol. The Balaban J connectivity index is 1.78. The second-order valence-electron chi connectivity index (χ2n) is 6.73. The third-order valence-corrected chi connectivity index (χ3v) is 5.90. The van der Waals surface area contributed by atoms with Crippen LogP contribution in [0.15, 0.2) is 48.1 Å². The summed E-state index contributed by atoms with van der Waals surface area (Å²) in [4.78, 5) is 22.1. The van der Waals surface area contributed by atoms with Crippen LogP contribution < -0.4 is 0 Å². The fraction of sp³-hybridized carbons (Fsp3) is 0.300. The smallest absolute Gasteiger partial charge is 0.264 e. The minimum Gasteiger partial charge on any atom is -0.329 e. The van der Waals surface area contributed by atoms with Gasteiger partial charge in [-0.2, -0.15) is 0 Å². The highest BCUT2D eigenvalue weighted by Gasteiger charge is 2.19. The number of benzene rings is 1. The van der Waals surface area contributed by atoms with Gasteiger partial charge < -0.3 is 14.4 Å². The van der Waals surface area contributed by atoms with Gasteiger partial charge in [0.05, 0.1) is 21.5 Å². The summed E-state index contributed by atoms with van der Waals surface area (Å²) in [5.41, 5.74) is 1.03. The monoisotopic (exact) mass is 436 g/mol. The van der Waals surface area contributed by atoms with E-state index >= 15 is 0 Å². The lowest BCUT2D eigenvalue weighted by atomic mass is 10.2. The van der Waals surface area contributed by atoms with Crippen LogP contribution in [0.3, 0.4) is 0 Å². The zero-order chi connectivity index (χ0) is 20.1. The maximum atomic E-state index is 12.9. The van der Waals surface area contributed by atoms with E-state index in [1.54, 1.807) is 12.3 Å². The number of rotatable bonds is 8. The summed E-state index contributed by atoms with van der Waals surface area (Å²) >= 11 is 13.6. The van der Waals surface area contributed by atoms with Crippen molar-refractivity contribution in [2.45, 2.75) is 13.1 Å². The van der Waals surface area contributed by atoms with Gasteiger partial charge in [-0.05, 0) is 43.2 Å². The molecule has 0 saturated heterocycles. The molecule has 0 radical (unpaired) electrons. The van der Waals surface area contributed by atoms with Crippen molar-refractivity contribution in [3.63, 3.8) is 0 Å². The maximum Gasteiger partial charge on any atom is 0.264 e. The van der Waals surface area contributed by atoms with Gasteiger partial charge in [-0.25, -0.2) is 4.98 Å². The highest BCUT2D eigenvalue weighted by atomic mass is 35.5. The Morgan fingerprint density at radius 2 is 2.00 bits per heavy atom. The first kappa shape index (κ1) is 20.9. The minimum absolute atomic E-state index is 0.0286. The zero-order valence-electron chi connectivity index (χ0n) is 15.8. The summed E-state index contributed by atoms with van der Waals surface area (Å²) in [6.07, 6.45) is 3.67. The molecule has 148 valence electrons. The number of amides is 1. The Labute approximate surface area is 179 Å². The van der Waals surface area contributed by atoms with Gasteiger partial charge >= 0.3 is 0 Å². The standard InChI is InChI=1S/C20H22Cl2N4OS/c1-24(2)9-10-26(20(27)18-4-3-11-28-18)14-19-23-7-8-25(19)13-15-5-6-16(21)17(22)12-15/h3-8,11-12H,9-10,13-14H2,1-2H3. The number of imidazole rings is 1. The fourth-order valence-electron chi connectivity index (χ4n) is 2.77. The Morgan fingerprint density at radius 3 is 2.68 bits per heavy atom. The van der Waals surface area contributed by atoms with E-state index in [4.69, 9.17) is 23.2 Å². The number of aromatic nitrogens is 2. The van der Waals surface area contributed by atoms with Crippen molar-refractivity contribution in [2.24, 2.45) is 0 Å². The zero-order valence-corrected chi connectivity index (χ0v) is 18.1.